The summed E-state index contributed by atoms with van der Waals surface area (Å²) in [6, 6.07) is 4.38. The SMILES string of the molecule is COC(=O)[C@@H]1CN(C(=O)c2cn(-c3ccc4c(c3)CN(C3CCC(=O)NC3=O)C4=O)nn2)C[C@@H](C)O1. The third kappa shape index (κ3) is 4.21. The maximum absolute atomic E-state index is 13.0. The van der Waals surface area contributed by atoms with Gasteiger partial charge in [-0.3, -0.25) is 24.5 Å². The number of ether oxygens (including phenoxy) is 2. The molecule has 2 fully saturated rings. The molecule has 13 nitrogen and oxygen atoms in total. The zero-order valence-electron chi connectivity index (χ0n) is 19.7. The molecule has 0 radical (unpaired) electrons. The van der Waals surface area contributed by atoms with Crippen LogP contribution in [0.4, 0.5) is 0 Å². The molecule has 5 rings (SSSR count). The molecule has 3 aliphatic heterocycles. The van der Waals surface area contributed by atoms with Crippen molar-refractivity contribution >= 4 is 29.6 Å². The molecule has 4 amide bonds. The predicted molar refractivity (Wildman–Crippen MR) is 120 cm³/mol. The lowest BCUT2D eigenvalue weighted by Crippen LogP contribution is -2.52. The zero-order valence-corrected chi connectivity index (χ0v) is 19.7. The minimum Gasteiger partial charge on any atom is -0.467 e. The molecule has 0 saturated carbocycles. The van der Waals surface area contributed by atoms with Crippen molar-refractivity contribution in [1.29, 1.82) is 0 Å². The van der Waals surface area contributed by atoms with E-state index in [0.29, 0.717) is 16.8 Å². The van der Waals surface area contributed by atoms with Crippen LogP contribution in [0.25, 0.3) is 5.69 Å². The van der Waals surface area contributed by atoms with Gasteiger partial charge in [0.2, 0.25) is 11.8 Å². The molecule has 0 bridgehead atoms. The first-order chi connectivity index (χ1) is 17.2. The summed E-state index contributed by atoms with van der Waals surface area (Å²) in [5.74, 6) is -2.04. The lowest BCUT2D eigenvalue weighted by atomic mass is 10.0. The first kappa shape index (κ1) is 23.6. The summed E-state index contributed by atoms with van der Waals surface area (Å²) < 4.78 is 11.7. The largest absolute Gasteiger partial charge is 0.467 e. The molecule has 0 spiro atoms. The smallest absolute Gasteiger partial charge is 0.336 e. The second-order valence-electron chi connectivity index (χ2n) is 8.96. The highest BCUT2D eigenvalue weighted by molar-refractivity contribution is 6.05. The van der Waals surface area contributed by atoms with Gasteiger partial charge in [-0.1, -0.05) is 5.21 Å². The molecule has 1 aromatic carbocycles. The fourth-order valence-corrected chi connectivity index (χ4v) is 4.73. The van der Waals surface area contributed by atoms with Gasteiger partial charge in [-0.05, 0) is 37.1 Å². The van der Waals surface area contributed by atoms with Gasteiger partial charge in [0.25, 0.3) is 11.8 Å². The van der Waals surface area contributed by atoms with Crippen molar-refractivity contribution in [2.75, 3.05) is 20.2 Å². The van der Waals surface area contributed by atoms with Crippen LogP contribution in [-0.4, -0.2) is 92.8 Å². The first-order valence-electron chi connectivity index (χ1n) is 11.5. The fraction of sp³-hybridized carbons (Fsp3) is 0.435. The second-order valence-corrected chi connectivity index (χ2v) is 8.96. The van der Waals surface area contributed by atoms with Crippen LogP contribution in [0.3, 0.4) is 0 Å². The Morgan fingerprint density at radius 1 is 1.19 bits per heavy atom. The lowest BCUT2D eigenvalue weighted by Gasteiger charge is -2.34. The average molecular weight is 496 g/mol. The number of amides is 4. The number of benzene rings is 1. The molecule has 13 heteroatoms. The van der Waals surface area contributed by atoms with E-state index in [2.05, 4.69) is 15.6 Å². The summed E-state index contributed by atoms with van der Waals surface area (Å²) in [5.41, 5.74) is 1.85. The van der Waals surface area contributed by atoms with Gasteiger partial charge < -0.3 is 19.3 Å². The summed E-state index contributed by atoms with van der Waals surface area (Å²) >= 11 is 0. The van der Waals surface area contributed by atoms with E-state index in [1.165, 1.54) is 27.8 Å². The lowest BCUT2D eigenvalue weighted by molar-refractivity contribution is -0.164. The number of rotatable bonds is 4. The third-order valence-electron chi connectivity index (χ3n) is 6.50. The Bertz CT molecular complexity index is 1270. The summed E-state index contributed by atoms with van der Waals surface area (Å²) in [6.07, 6.45) is 0.706. The van der Waals surface area contributed by atoms with Crippen LogP contribution in [0.15, 0.2) is 24.4 Å². The third-order valence-corrected chi connectivity index (χ3v) is 6.50. The number of morpholine rings is 1. The molecule has 0 aliphatic carbocycles. The number of carbonyl (C=O) groups is 5. The number of imide groups is 1. The zero-order chi connectivity index (χ0) is 25.6. The molecule has 1 N–H and O–H groups in total. The number of hydrogen-bond donors (Lipinski definition) is 1. The number of hydrogen-bond acceptors (Lipinski definition) is 9. The monoisotopic (exact) mass is 496 g/mol. The minimum atomic E-state index is -0.876. The quantitative estimate of drug-likeness (QED) is 0.433. The highest BCUT2D eigenvalue weighted by Crippen LogP contribution is 2.29. The Hall–Kier alpha value is -4.13. The maximum Gasteiger partial charge on any atom is 0.336 e. The molecule has 2 saturated heterocycles. The average Bonchev–Trinajstić information content (AvgIpc) is 3.48. The maximum atomic E-state index is 13.0. The molecule has 1 unspecified atom stereocenters. The van der Waals surface area contributed by atoms with Crippen molar-refractivity contribution in [1.82, 2.24) is 30.1 Å². The van der Waals surface area contributed by atoms with Gasteiger partial charge in [-0.2, -0.15) is 0 Å². The van der Waals surface area contributed by atoms with Gasteiger partial charge in [0.15, 0.2) is 11.8 Å². The molecular weight excluding hydrogens is 472 g/mol. The molecule has 188 valence electrons. The van der Waals surface area contributed by atoms with E-state index in [9.17, 15) is 24.0 Å². The number of aromatic nitrogens is 3. The molecule has 3 atom stereocenters. The standard InChI is InChI=1S/C23H24N6O7/c1-12-8-27(11-18(36-12)23(34)35-2)22(33)16-10-29(26-25-16)14-3-4-15-13(7-14)9-28(21(15)32)17-5-6-19(30)24-20(17)31/h3-4,7,10,12,17-18H,5-6,8-9,11H2,1-2H3,(H,24,30,31)/t12-,17?,18+/m1/s1. The van der Waals surface area contributed by atoms with Gasteiger partial charge in [-0.15, -0.1) is 5.10 Å². The van der Waals surface area contributed by atoms with E-state index >= 15 is 0 Å². The van der Waals surface area contributed by atoms with Crippen molar-refractivity contribution in [2.45, 2.75) is 44.6 Å². The van der Waals surface area contributed by atoms with Crippen LogP contribution < -0.4 is 5.32 Å². The Morgan fingerprint density at radius 2 is 2.00 bits per heavy atom. The molecule has 1 aromatic heterocycles. The van der Waals surface area contributed by atoms with Gasteiger partial charge in [0.1, 0.15) is 6.04 Å². The summed E-state index contributed by atoms with van der Waals surface area (Å²) in [5, 5.41) is 10.3. The van der Waals surface area contributed by atoms with E-state index in [4.69, 9.17) is 9.47 Å². The molecule has 36 heavy (non-hydrogen) atoms. The van der Waals surface area contributed by atoms with Crippen molar-refractivity contribution < 1.29 is 33.4 Å². The van der Waals surface area contributed by atoms with E-state index in [1.807, 2.05) is 0 Å². The summed E-state index contributed by atoms with van der Waals surface area (Å²) in [6.45, 7) is 2.31. The van der Waals surface area contributed by atoms with E-state index in [0.717, 1.165) is 0 Å². The van der Waals surface area contributed by atoms with E-state index < -0.39 is 29.9 Å². The number of carbonyl (C=O) groups excluding carboxylic acids is 5. The highest BCUT2D eigenvalue weighted by atomic mass is 16.6. The number of nitrogens with one attached hydrogen (secondary N) is 1. The Morgan fingerprint density at radius 3 is 2.75 bits per heavy atom. The first-order valence-corrected chi connectivity index (χ1v) is 11.5. The molecule has 4 heterocycles. The normalized spacial score (nSPS) is 23.9. The van der Waals surface area contributed by atoms with Gasteiger partial charge in [0.05, 0.1) is 31.6 Å². The van der Waals surface area contributed by atoms with Crippen LogP contribution in [0.1, 0.15) is 46.2 Å². The number of fused-ring (bicyclic) bond motifs is 1. The highest BCUT2D eigenvalue weighted by Gasteiger charge is 2.39. The number of nitrogens with zero attached hydrogens (tertiary/aromatic N) is 5. The predicted octanol–water partition coefficient (Wildman–Crippen LogP) is -0.569. The Balaban J connectivity index is 1.32. The molecular formula is C23H24N6O7. The second kappa shape index (κ2) is 9.15. The number of methoxy groups -OCH3 is 1. The fourth-order valence-electron chi connectivity index (χ4n) is 4.73. The minimum absolute atomic E-state index is 0.0415. The van der Waals surface area contributed by atoms with Crippen molar-refractivity contribution in [3.63, 3.8) is 0 Å². The Labute approximate surface area is 205 Å². The van der Waals surface area contributed by atoms with E-state index in [1.54, 1.807) is 25.1 Å². The molecule has 3 aliphatic rings. The van der Waals surface area contributed by atoms with Crippen molar-refractivity contribution in [2.24, 2.45) is 0 Å². The van der Waals surface area contributed by atoms with Crippen molar-refractivity contribution in [3.05, 3.63) is 41.2 Å². The topological polar surface area (TPSA) is 153 Å². The van der Waals surface area contributed by atoms with Crippen LogP contribution >= 0.6 is 0 Å². The van der Waals surface area contributed by atoms with Crippen LogP contribution in [-0.2, 0) is 30.4 Å². The van der Waals surface area contributed by atoms with Crippen molar-refractivity contribution in [3.8, 4) is 5.69 Å². The van der Waals surface area contributed by atoms with Crippen LogP contribution in [0, 0.1) is 0 Å². The van der Waals surface area contributed by atoms with Crippen LogP contribution in [0.2, 0.25) is 0 Å². The van der Waals surface area contributed by atoms with Gasteiger partial charge in [-0.25, -0.2) is 9.48 Å². The summed E-state index contributed by atoms with van der Waals surface area (Å²) in [7, 11) is 1.26. The number of esters is 1. The number of piperidine rings is 1. The molecule has 2 aromatic rings. The van der Waals surface area contributed by atoms with Gasteiger partial charge in [0, 0.05) is 25.1 Å². The summed E-state index contributed by atoms with van der Waals surface area (Å²) in [4.78, 5) is 64.5. The van der Waals surface area contributed by atoms with Crippen LogP contribution in [0.5, 0.6) is 0 Å². The Kier molecular flexibility index (Phi) is 6.00. The van der Waals surface area contributed by atoms with Gasteiger partial charge >= 0.3 is 5.97 Å². The van der Waals surface area contributed by atoms with E-state index in [-0.39, 0.29) is 56.1 Å².